The van der Waals surface area contributed by atoms with E-state index in [-0.39, 0.29) is 22.0 Å². The summed E-state index contributed by atoms with van der Waals surface area (Å²) in [6.07, 6.45) is 8.72. The summed E-state index contributed by atoms with van der Waals surface area (Å²) < 4.78 is 16.1. The van der Waals surface area contributed by atoms with Crippen molar-refractivity contribution in [3.8, 4) is 0 Å². The van der Waals surface area contributed by atoms with Gasteiger partial charge in [-0.05, 0) is 46.1 Å². The Morgan fingerprint density at radius 3 is 2.18 bits per heavy atom. The molecule has 0 saturated heterocycles. The quantitative estimate of drug-likeness (QED) is 0.244. The highest BCUT2D eigenvalue weighted by Gasteiger charge is 2.37. The second kappa shape index (κ2) is 11.1. The van der Waals surface area contributed by atoms with Crippen molar-refractivity contribution in [3.05, 3.63) is 48.0 Å². The van der Waals surface area contributed by atoms with Crippen molar-refractivity contribution < 1.29 is 9.00 Å². The molecule has 1 aromatic carbocycles. The molecule has 158 valence electrons. The van der Waals surface area contributed by atoms with Gasteiger partial charge in [-0.15, -0.1) is 6.58 Å². The summed E-state index contributed by atoms with van der Waals surface area (Å²) in [5.41, 5.74) is 1.56. The molecule has 0 aromatic heterocycles. The molecule has 28 heavy (non-hydrogen) atoms. The number of nitrogens with one attached hydrogen (secondary N) is 1. The number of rotatable bonds is 12. The van der Waals surface area contributed by atoms with Crippen LogP contribution in [0.5, 0.6) is 0 Å². The third kappa shape index (κ3) is 6.66. The van der Waals surface area contributed by atoms with Crippen molar-refractivity contribution in [3.63, 3.8) is 0 Å². The maximum atomic E-state index is 13.0. The maximum Gasteiger partial charge on any atom is 0.159 e. The maximum absolute atomic E-state index is 13.0. The van der Waals surface area contributed by atoms with E-state index in [1.165, 1.54) is 19.3 Å². The largest absolute Gasteiger partial charge is 0.295 e. The predicted molar refractivity (Wildman–Crippen MR) is 122 cm³/mol. The van der Waals surface area contributed by atoms with Crippen molar-refractivity contribution in [1.82, 2.24) is 4.72 Å². The van der Waals surface area contributed by atoms with Crippen LogP contribution in [-0.2, 0) is 11.0 Å². The molecule has 0 fully saturated rings. The number of Topliss-reactive ketones (excluding diaryl/α,β-unsaturated/α-hetero) is 1. The zero-order valence-electron chi connectivity index (χ0n) is 18.6. The lowest BCUT2D eigenvalue weighted by molar-refractivity contribution is 0.101. The first kappa shape index (κ1) is 24.8. The number of ketones is 1. The minimum Gasteiger partial charge on any atom is -0.295 e. The molecule has 3 nitrogen and oxygen atoms in total. The van der Waals surface area contributed by atoms with E-state index >= 15 is 0 Å². The zero-order valence-corrected chi connectivity index (χ0v) is 19.5. The van der Waals surface area contributed by atoms with Crippen LogP contribution in [0.25, 0.3) is 0 Å². The van der Waals surface area contributed by atoms with Gasteiger partial charge in [-0.1, -0.05) is 69.9 Å². The zero-order chi connectivity index (χ0) is 21.4. The molecule has 0 aliphatic carbocycles. The first-order valence-electron chi connectivity index (χ1n) is 10.5. The van der Waals surface area contributed by atoms with Crippen LogP contribution in [0.4, 0.5) is 0 Å². The van der Waals surface area contributed by atoms with Gasteiger partial charge in [0.2, 0.25) is 0 Å². The summed E-state index contributed by atoms with van der Waals surface area (Å²) in [5, 5.41) is 0. The number of hydrogen-bond acceptors (Lipinski definition) is 2. The number of hydrogen-bond donors (Lipinski definition) is 1. The highest BCUT2D eigenvalue weighted by Crippen LogP contribution is 2.43. The molecule has 1 aromatic rings. The number of benzene rings is 1. The Kier molecular flexibility index (Phi) is 9.79. The second-order valence-corrected chi connectivity index (χ2v) is 10.7. The van der Waals surface area contributed by atoms with Gasteiger partial charge in [-0.2, -0.15) is 0 Å². The molecule has 0 unspecified atom stereocenters. The minimum atomic E-state index is -1.21. The SMILES string of the molecule is C=C[C@@](CC)(CCCCCC)[C@H](N[S@](=O)C(C)(C)C)c1ccc(C(C)=O)cc1. The van der Waals surface area contributed by atoms with Crippen LogP contribution in [-0.4, -0.2) is 14.7 Å². The van der Waals surface area contributed by atoms with E-state index in [1.54, 1.807) is 6.92 Å². The summed E-state index contributed by atoms with van der Waals surface area (Å²) in [6, 6.07) is 7.61. The monoisotopic (exact) mass is 405 g/mol. The van der Waals surface area contributed by atoms with Crippen molar-refractivity contribution in [2.45, 2.75) is 90.9 Å². The van der Waals surface area contributed by atoms with Crippen molar-refractivity contribution in [1.29, 1.82) is 0 Å². The van der Waals surface area contributed by atoms with E-state index < -0.39 is 11.0 Å². The third-order valence-corrected chi connectivity index (χ3v) is 7.13. The lowest BCUT2D eigenvalue weighted by Crippen LogP contribution is -2.42. The standard InChI is InChI=1S/C24H39NO2S/c1-8-11-12-13-18-24(9-2,10-3)22(25-28(27)23(5,6)7)21-16-14-20(15-17-21)19(4)26/h9,14-17,22,25H,2,8,10-13,18H2,1,3-7H3/t22-,24-,28-/m1/s1. The van der Waals surface area contributed by atoms with E-state index in [1.807, 2.05) is 45.0 Å². The average molecular weight is 406 g/mol. The lowest BCUT2D eigenvalue weighted by atomic mass is 9.71. The topological polar surface area (TPSA) is 46.2 Å². The average Bonchev–Trinajstić information content (AvgIpc) is 2.66. The molecule has 0 amide bonds. The van der Waals surface area contributed by atoms with E-state index in [2.05, 4.69) is 31.2 Å². The third-order valence-electron chi connectivity index (χ3n) is 5.57. The van der Waals surface area contributed by atoms with Gasteiger partial charge in [-0.25, -0.2) is 8.93 Å². The molecule has 0 spiro atoms. The fourth-order valence-corrected chi connectivity index (χ4v) is 4.42. The van der Waals surface area contributed by atoms with Crippen molar-refractivity contribution in [2.24, 2.45) is 5.41 Å². The predicted octanol–water partition coefficient (Wildman–Crippen LogP) is 6.53. The fraction of sp³-hybridized carbons (Fsp3) is 0.625. The van der Waals surface area contributed by atoms with Crippen LogP contribution < -0.4 is 4.72 Å². The summed E-state index contributed by atoms with van der Waals surface area (Å²) in [5.74, 6) is 0.0550. The van der Waals surface area contributed by atoms with Gasteiger partial charge < -0.3 is 0 Å². The van der Waals surface area contributed by atoms with E-state index in [4.69, 9.17) is 0 Å². The van der Waals surface area contributed by atoms with Gasteiger partial charge >= 0.3 is 0 Å². The molecule has 0 saturated carbocycles. The van der Waals surface area contributed by atoms with Gasteiger partial charge in [0.15, 0.2) is 5.78 Å². The first-order valence-corrected chi connectivity index (χ1v) is 11.7. The fourth-order valence-electron chi connectivity index (χ4n) is 3.48. The van der Waals surface area contributed by atoms with Crippen molar-refractivity contribution in [2.75, 3.05) is 0 Å². The smallest absolute Gasteiger partial charge is 0.159 e. The highest BCUT2D eigenvalue weighted by atomic mass is 32.2. The second-order valence-electron chi connectivity index (χ2n) is 8.71. The Morgan fingerprint density at radius 1 is 1.14 bits per heavy atom. The van der Waals surface area contributed by atoms with E-state index in [9.17, 15) is 9.00 Å². The normalized spacial score (nSPS) is 16.2. The Labute approximate surface area is 175 Å². The Hall–Kier alpha value is -1.26. The Balaban J connectivity index is 3.30. The van der Waals surface area contributed by atoms with Crippen LogP contribution in [0, 0.1) is 5.41 Å². The summed E-state index contributed by atoms with van der Waals surface area (Å²) in [4.78, 5) is 11.7. The summed E-state index contributed by atoms with van der Waals surface area (Å²) >= 11 is 0. The van der Waals surface area contributed by atoms with Crippen LogP contribution >= 0.6 is 0 Å². The molecule has 0 bridgehead atoms. The minimum absolute atomic E-state index is 0.0550. The van der Waals surface area contributed by atoms with Gasteiger partial charge in [0.25, 0.3) is 0 Å². The molecule has 3 atom stereocenters. The lowest BCUT2D eigenvalue weighted by Gasteiger charge is -2.40. The molecule has 1 rings (SSSR count). The van der Waals surface area contributed by atoms with Gasteiger partial charge in [0, 0.05) is 11.0 Å². The van der Waals surface area contributed by atoms with Crippen molar-refractivity contribution >= 4 is 16.8 Å². The molecule has 0 heterocycles. The van der Waals surface area contributed by atoms with E-state index in [0.717, 1.165) is 24.8 Å². The molecule has 0 aliphatic heterocycles. The van der Waals surface area contributed by atoms with Gasteiger partial charge in [-0.3, -0.25) is 4.79 Å². The molecule has 4 heteroatoms. The highest BCUT2D eigenvalue weighted by molar-refractivity contribution is 7.84. The molecule has 1 N–H and O–H groups in total. The van der Waals surface area contributed by atoms with E-state index in [0.29, 0.717) is 5.56 Å². The Morgan fingerprint density at radius 2 is 1.75 bits per heavy atom. The molecular weight excluding hydrogens is 366 g/mol. The first-order chi connectivity index (χ1) is 13.1. The molecule has 0 aliphatic rings. The van der Waals surface area contributed by atoms with Crippen LogP contribution in [0.3, 0.4) is 0 Å². The van der Waals surface area contributed by atoms with Crippen LogP contribution in [0.15, 0.2) is 36.9 Å². The number of carbonyl (C=O) groups excluding carboxylic acids is 1. The van der Waals surface area contributed by atoms with Gasteiger partial charge in [0.1, 0.15) is 0 Å². The van der Waals surface area contributed by atoms with Crippen LogP contribution in [0.1, 0.15) is 102 Å². The number of carbonyl (C=O) groups is 1. The van der Waals surface area contributed by atoms with Gasteiger partial charge in [0.05, 0.1) is 21.8 Å². The summed E-state index contributed by atoms with van der Waals surface area (Å²) in [7, 11) is -1.21. The molecular formula is C24H39NO2S. The summed E-state index contributed by atoms with van der Waals surface area (Å²) in [6.45, 7) is 16.1. The number of unbranched alkanes of at least 4 members (excludes halogenated alkanes) is 3. The van der Waals surface area contributed by atoms with Crippen LogP contribution in [0.2, 0.25) is 0 Å². The molecule has 0 radical (unpaired) electrons. The Bertz CT molecular complexity index is 660.